The fourth-order valence-corrected chi connectivity index (χ4v) is 2.36. The lowest BCUT2D eigenvalue weighted by Gasteiger charge is -2.20. The highest BCUT2D eigenvalue weighted by Gasteiger charge is 2.14. The first-order valence-corrected chi connectivity index (χ1v) is 6.54. The third-order valence-electron chi connectivity index (χ3n) is 3.49. The summed E-state index contributed by atoms with van der Waals surface area (Å²) >= 11 is 0. The summed E-state index contributed by atoms with van der Waals surface area (Å²) < 4.78 is 5.26. The summed E-state index contributed by atoms with van der Waals surface area (Å²) in [6.07, 6.45) is 0. The van der Waals surface area contributed by atoms with Gasteiger partial charge < -0.3 is 10.1 Å². The predicted octanol–water partition coefficient (Wildman–Crippen LogP) is 3.62. The summed E-state index contributed by atoms with van der Waals surface area (Å²) in [6, 6.07) is 15.1. The SMILES string of the molecule is CNC(c1ccc(C)cc1)c1ccc(OC)cc1C. The minimum atomic E-state index is 0.214. The van der Waals surface area contributed by atoms with Crippen molar-refractivity contribution >= 4 is 0 Å². The molecule has 0 bridgehead atoms. The van der Waals surface area contributed by atoms with Crippen LogP contribution in [0.25, 0.3) is 0 Å². The Morgan fingerprint density at radius 1 is 1.00 bits per heavy atom. The Bertz CT molecular complexity index is 546. The van der Waals surface area contributed by atoms with E-state index in [-0.39, 0.29) is 6.04 Å². The van der Waals surface area contributed by atoms with Crippen LogP contribution >= 0.6 is 0 Å². The Labute approximate surface area is 115 Å². The molecular weight excluding hydrogens is 234 g/mol. The van der Waals surface area contributed by atoms with Crippen molar-refractivity contribution < 1.29 is 4.74 Å². The summed E-state index contributed by atoms with van der Waals surface area (Å²) in [7, 11) is 3.69. The lowest BCUT2D eigenvalue weighted by atomic mass is 9.94. The zero-order valence-corrected chi connectivity index (χ0v) is 12.0. The average Bonchev–Trinajstić information content (AvgIpc) is 2.43. The van der Waals surface area contributed by atoms with Crippen LogP contribution in [-0.2, 0) is 0 Å². The van der Waals surface area contributed by atoms with Crippen LogP contribution in [0.2, 0.25) is 0 Å². The second-order valence-electron chi connectivity index (χ2n) is 4.85. The molecule has 2 aromatic rings. The number of ether oxygens (including phenoxy) is 1. The van der Waals surface area contributed by atoms with Gasteiger partial charge in [0, 0.05) is 0 Å². The molecule has 0 saturated carbocycles. The van der Waals surface area contributed by atoms with Crippen molar-refractivity contribution in [3.05, 3.63) is 64.7 Å². The molecule has 0 aliphatic carbocycles. The number of hydrogen-bond donors (Lipinski definition) is 1. The Morgan fingerprint density at radius 2 is 1.68 bits per heavy atom. The fraction of sp³-hybridized carbons (Fsp3) is 0.294. The van der Waals surface area contributed by atoms with E-state index in [1.165, 1.54) is 22.3 Å². The van der Waals surface area contributed by atoms with E-state index in [2.05, 4.69) is 55.6 Å². The zero-order chi connectivity index (χ0) is 13.8. The minimum Gasteiger partial charge on any atom is -0.497 e. The monoisotopic (exact) mass is 255 g/mol. The molecule has 1 N–H and O–H groups in total. The Balaban J connectivity index is 2.39. The summed E-state index contributed by atoms with van der Waals surface area (Å²) in [5.74, 6) is 0.903. The van der Waals surface area contributed by atoms with Gasteiger partial charge in [-0.15, -0.1) is 0 Å². The highest BCUT2D eigenvalue weighted by atomic mass is 16.5. The van der Waals surface area contributed by atoms with E-state index in [1.54, 1.807) is 7.11 Å². The van der Waals surface area contributed by atoms with E-state index in [1.807, 2.05) is 13.1 Å². The van der Waals surface area contributed by atoms with Gasteiger partial charge in [0.05, 0.1) is 13.2 Å². The van der Waals surface area contributed by atoms with Crippen LogP contribution in [0, 0.1) is 13.8 Å². The molecular formula is C17H21NO. The topological polar surface area (TPSA) is 21.3 Å². The molecule has 19 heavy (non-hydrogen) atoms. The van der Waals surface area contributed by atoms with Gasteiger partial charge >= 0.3 is 0 Å². The third kappa shape index (κ3) is 2.96. The summed E-state index contributed by atoms with van der Waals surface area (Å²) in [5, 5.41) is 3.39. The van der Waals surface area contributed by atoms with Gasteiger partial charge in [-0.2, -0.15) is 0 Å². The van der Waals surface area contributed by atoms with Crippen LogP contribution in [0.4, 0.5) is 0 Å². The molecule has 0 aliphatic rings. The van der Waals surface area contributed by atoms with Crippen LogP contribution in [0.3, 0.4) is 0 Å². The van der Waals surface area contributed by atoms with E-state index in [9.17, 15) is 0 Å². The van der Waals surface area contributed by atoms with E-state index in [4.69, 9.17) is 4.74 Å². The van der Waals surface area contributed by atoms with Gasteiger partial charge in [0.15, 0.2) is 0 Å². The normalized spacial score (nSPS) is 12.2. The highest BCUT2D eigenvalue weighted by Crippen LogP contribution is 2.27. The molecule has 0 amide bonds. The predicted molar refractivity (Wildman–Crippen MR) is 79.8 cm³/mol. The van der Waals surface area contributed by atoms with Crippen molar-refractivity contribution in [3.63, 3.8) is 0 Å². The molecule has 0 saturated heterocycles. The maximum absolute atomic E-state index is 5.26. The van der Waals surface area contributed by atoms with E-state index in [0.717, 1.165) is 5.75 Å². The van der Waals surface area contributed by atoms with E-state index >= 15 is 0 Å². The molecule has 0 aromatic heterocycles. The van der Waals surface area contributed by atoms with Gasteiger partial charge in [0.25, 0.3) is 0 Å². The first kappa shape index (κ1) is 13.6. The molecule has 0 fully saturated rings. The number of rotatable bonds is 4. The summed E-state index contributed by atoms with van der Waals surface area (Å²) in [5.41, 5.74) is 5.08. The number of hydrogen-bond acceptors (Lipinski definition) is 2. The van der Waals surface area contributed by atoms with Crippen molar-refractivity contribution in [2.75, 3.05) is 14.2 Å². The minimum absolute atomic E-state index is 0.214. The van der Waals surface area contributed by atoms with Crippen molar-refractivity contribution in [2.24, 2.45) is 0 Å². The van der Waals surface area contributed by atoms with Gasteiger partial charge in [0.2, 0.25) is 0 Å². The van der Waals surface area contributed by atoms with Crippen molar-refractivity contribution in [1.82, 2.24) is 5.32 Å². The van der Waals surface area contributed by atoms with Crippen LogP contribution in [0.5, 0.6) is 5.75 Å². The highest BCUT2D eigenvalue weighted by molar-refractivity contribution is 5.41. The molecule has 1 unspecified atom stereocenters. The zero-order valence-electron chi connectivity index (χ0n) is 12.0. The maximum Gasteiger partial charge on any atom is 0.119 e. The number of aryl methyl sites for hydroxylation is 2. The first-order valence-electron chi connectivity index (χ1n) is 6.54. The lowest BCUT2D eigenvalue weighted by molar-refractivity contribution is 0.414. The van der Waals surface area contributed by atoms with Crippen molar-refractivity contribution in [3.8, 4) is 5.75 Å². The lowest BCUT2D eigenvalue weighted by Crippen LogP contribution is -2.18. The van der Waals surface area contributed by atoms with Gasteiger partial charge in [-0.1, -0.05) is 35.9 Å². The molecule has 2 nitrogen and oxygen atoms in total. The van der Waals surface area contributed by atoms with Gasteiger partial charge in [-0.3, -0.25) is 0 Å². The molecule has 2 aromatic carbocycles. The summed E-state index contributed by atoms with van der Waals surface area (Å²) in [4.78, 5) is 0. The number of methoxy groups -OCH3 is 1. The van der Waals surface area contributed by atoms with Gasteiger partial charge in [0.1, 0.15) is 5.75 Å². The summed E-state index contributed by atoms with van der Waals surface area (Å²) in [6.45, 7) is 4.23. The molecule has 0 radical (unpaired) electrons. The molecule has 1 atom stereocenters. The second-order valence-corrected chi connectivity index (χ2v) is 4.85. The quantitative estimate of drug-likeness (QED) is 0.901. The first-order chi connectivity index (χ1) is 9.15. The van der Waals surface area contributed by atoms with E-state index < -0.39 is 0 Å². The number of benzene rings is 2. The molecule has 2 rings (SSSR count). The van der Waals surface area contributed by atoms with Crippen molar-refractivity contribution in [1.29, 1.82) is 0 Å². The second kappa shape index (κ2) is 5.89. The molecule has 0 heterocycles. The average molecular weight is 255 g/mol. The third-order valence-corrected chi connectivity index (χ3v) is 3.49. The van der Waals surface area contributed by atoms with Crippen molar-refractivity contribution in [2.45, 2.75) is 19.9 Å². The molecule has 0 spiro atoms. The fourth-order valence-electron chi connectivity index (χ4n) is 2.36. The Hall–Kier alpha value is -1.80. The van der Waals surface area contributed by atoms with Crippen LogP contribution < -0.4 is 10.1 Å². The maximum atomic E-state index is 5.26. The van der Waals surface area contributed by atoms with Gasteiger partial charge in [-0.05, 0) is 49.7 Å². The van der Waals surface area contributed by atoms with E-state index in [0.29, 0.717) is 0 Å². The molecule has 100 valence electrons. The Kier molecular flexibility index (Phi) is 4.23. The van der Waals surface area contributed by atoms with Crippen LogP contribution in [0.1, 0.15) is 28.3 Å². The molecule has 2 heteroatoms. The largest absolute Gasteiger partial charge is 0.497 e. The standard InChI is InChI=1S/C17H21NO/c1-12-5-7-14(8-6-12)17(18-3)16-10-9-15(19-4)11-13(16)2/h5-11,17-18H,1-4H3. The molecule has 0 aliphatic heterocycles. The van der Waals surface area contributed by atoms with Gasteiger partial charge in [-0.25, -0.2) is 0 Å². The smallest absolute Gasteiger partial charge is 0.119 e. The number of nitrogens with one attached hydrogen (secondary N) is 1. The Morgan fingerprint density at radius 3 is 2.21 bits per heavy atom. The van der Waals surface area contributed by atoms with Crippen LogP contribution in [0.15, 0.2) is 42.5 Å². The van der Waals surface area contributed by atoms with Crippen LogP contribution in [-0.4, -0.2) is 14.2 Å².